The zero-order valence-corrected chi connectivity index (χ0v) is 11.9. The van der Waals surface area contributed by atoms with Gasteiger partial charge in [0.15, 0.2) is 0 Å². The van der Waals surface area contributed by atoms with Crippen LogP contribution in [0.5, 0.6) is 0 Å². The molecule has 0 bridgehead atoms. The lowest BCUT2D eigenvalue weighted by atomic mass is 10.1. The van der Waals surface area contributed by atoms with Crippen molar-refractivity contribution in [1.29, 1.82) is 0 Å². The Hall–Kier alpha value is -2.40. The number of hydrogen-bond donors (Lipinski definition) is 1. The number of hydrogen-bond acceptors (Lipinski definition) is 3. The fraction of sp³-hybridized carbons (Fsp3) is 0.250. The maximum absolute atomic E-state index is 10.3. The van der Waals surface area contributed by atoms with Gasteiger partial charge in [-0.1, -0.05) is 18.2 Å². The third-order valence-corrected chi connectivity index (χ3v) is 3.53. The Labute approximate surface area is 123 Å². The summed E-state index contributed by atoms with van der Waals surface area (Å²) in [4.78, 5) is 4.26. The highest BCUT2D eigenvalue weighted by Crippen LogP contribution is 2.18. The first-order valence-corrected chi connectivity index (χ1v) is 6.99. The van der Waals surface area contributed by atoms with E-state index < -0.39 is 6.10 Å². The number of aliphatic hydroxyl groups excluding tert-OH is 1. The third kappa shape index (κ3) is 3.03. The first kappa shape index (κ1) is 13.6. The highest BCUT2D eigenvalue weighted by atomic mass is 16.3. The van der Waals surface area contributed by atoms with Crippen LogP contribution in [0.3, 0.4) is 0 Å². The van der Waals surface area contributed by atoms with Crippen LogP contribution in [0.4, 0.5) is 0 Å². The average molecular weight is 282 g/mol. The van der Waals surface area contributed by atoms with Crippen molar-refractivity contribution in [2.45, 2.75) is 18.9 Å². The summed E-state index contributed by atoms with van der Waals surface area (Å²) in [5, 5.41) is 14.7. The largest absolute Gasteiger partial charge is 0.387 e. The predicted octanol–water partition coefficient (Wildman–Crippen LogP) is 2.27. The second-order valence-corrected chi connectivity index (χ2v) is 5.03. The maximum atomic E-state index is 10.3. The Kier molecular flexibility index (Phi) is 3.83. The summed E-state index contributed by atoms with van der Waals surface area (Å²) in [7, 11) is 1.96. The van der Waals surface area contributed by atoms with Crippen molar-refractivity contribution in [1.82, 2.24) is 19.3 Å². The number of aliphatic hydroxyl groups is 1. The predicted molar refractivity (Wildman–Crippen MR) is 80.1 cm³/mol. The molecule has 0 fully saturated rings. The van der Waals surface area contributed by atoms with Crippen LogP contribution in [-0.4, -0.2) is 24.4 Å². The molecule has 0 spiro atoms. The van der Waals surface area contributed by atoms with E-state index in [9.17, 15) is 5.11 Å². The average Bonchev–Trinajstić information content (AvgIpc) is 3.15. The molecular formula is C16H18N4O. The van der Waals surface area contributed by atoms with Crippen molar-refractivity contribution in [3.05, 3.63) is 66.5 Å². The Morgan fingerprint density at radius 1 is 1.14 bits per heavy atom. The highest BCUT2D eigenvalue weighted by Gasteiger charge is 2.13. The number of nitrogens with zero attached hydrogens (tertiary/aromatic N) is 4. The number of aryl methyl sites for hydroxylation is 2. The number of aromatic nitrogens is 4. The van der Waals surface area contributed by atoms with Gasteiger partial charge in [0.05, 0.1) is 17.5 Å². The molecule has 3 aromatic rings. The Morgan fingerprint density at radius 3 is 2.67 bits per heavy atom. The molecule has 3 rings (SSSR count). The molecule has 0 aliphatic rings. The van der Waals surface area contributed by atoms with E-state index in [1.54, 1.807) is 10.9 Å². The minimum Gasteiger partial charge on any atom is -0.387 e. The quantitative estimate of drug-likeness (QED) is 0.781. The molecule has 0 radical (unpaired) electrons. The number of imidazole rings is 1. The number of para-hydroxylation sites is 1. The molecule has 0 saturated carbocycles. The second-order valence-electron chi connectivity index (χ2n) is 5.03. The van der Waals surface area contributed by atoms with E-state index in [0.29, 0.717) is 12.1 Å². The molecule has 21 heavy (non-hydrogen) atoms. The van der Waals surface area contributed by atoms with Gasteiger partial charge in [0.2, 0.25) is 0 Å². The number of benzene rings is 1. The molecule has 1 N–H and O–H groups in total. The summed E-state index contributed by atoms with van der Waals surface area (Å²) >= 11 is 0. The number of rotatable bonds is 5. The molecule has 2 heterocycles. The molecular weight excluding hydrogens is 264 g/mol. The zero-order valence-electron chi connectivity index (χ0n) is 11.9. The van der Waals surface area contributed by atoms with E-state index in [2.05, 4.69) is 10.1 Å². The van der Waals surface area contributed by atoms with Crippen molar-refractivity contribution in [2.75, 3.05) is 0 Å². The standard InChI is InChI=1S/C16H18N4O/c1-19-12-10-17-16(19)8-7-15(21)14-9-11-20(18-14)13-5-3-2-4-6-13/h2-6,9-12,15,21H,7-8H2,1H3. The van der Waals surface area contributed by atoms with E-state index in [0.717, 1.165) is 17.9 Å². The van der Waals surface area contributed by atoms with E-state index >= 15 is 0 Å². The molecule has 5 nitrogen and oxygen atoms in total. The van der Waals surface area contributed by atoms with Crippen molar-refractivity contribution >= 4 is 0 Å². The molecule has 1 unspecified atom stereocenters. The van der Waals surface area contributed by atoms with Gasteiger partial charge in [-0.3, -0.25) is 0 Å². The molecule has 1 aromatic carbocycles. The molecule has 1 atom stereocenters. The first-order chi connectivity index (χ1) is 10.2. The van der Waals surface area contributed by atoms with Crippen LogP contribution in [-0.2, 0) is 13.5 Å². The first-order valence-electron chi connectivity index (χ1n) is 6.99. The fourth-order valence-electron chi connectivity index (χ4n) is 2.29. The van der Waals surface area contributed by atoms with Crippen molar-refractivity contribution in [2.24, 2.45) is 7.05 Å². The van der Waals surface area contributed by atoms with E-state index in [-0.39, 0.29) is 0 Å². The van der Waals surface area contributed by atoms with Gasteiger partial charge in [0.1, 0.15) is 5.82 Å². The summed E-state index contributed by atoms with van der Waals surface area (Å²) in [6.45, 7) is 0. The topological polar surface area (TPSA) is 55.9 Å². The van der Waals surface area contributed by atoms with Gasteiger partial charge in [-0.15, -0.1) is 0 Å². The summed E-state index contributed by atoms with van der Waals surface area (Å²) in [6.07, 6.45) is 6.30. The lowest BCUT2D eigenvalue weighted by molar-refractivity contribution is 0.161. The van der Waals surface area contributed by atoms with E-state index in [1.165, 1.54) is 0 Å². The molecule has 5 heteroatoms. The van der Waals surface area contributed by atoms with Gasteiger partial charge in [0, 0.05) is 32.1 Å². The Morgan fingerprint density at radius 2 is 1.95 bits per heavy atom. The van der Waals surface area contributed by atoms with Crippen LogP contribution in [0.25, 0.3) is 5.69 Å². The second kappa shape index (κ2) is 5.93. The third-order valence-electron chi connectivity index (χ3n) is 3.53. The Balaban J connectivity index is 1.67. The van der Waals surface area contributed by atoms with Crippen LogP contribution in [0.2, 0.25) is 0 Å². The summed E-state index contributed by atoms with van der Waals surface area (Å²) < 4.78 is 3.74. The zero-order chi connectivity index (χ0) is 14.7. The van der Waals surface area contributed by atoms with Crippen LogP contribution in [0.15, 0.2) is 55.0 Å². The van der Waals surface area contributed by atoms with Gasteiger partial charge < -0.3 is 9.67 Å². The van der Waals surface area contributed by atoms with Gasteiger partial charge in [-0.05, 0) is 24.6 Å². The molecule has 0 aliphatic heterocycles. The van der Waals surface area contributed by atoms with Gasteiger partial charge in [0.25, 0.3) is 0 Å². The molecule has 0 amide bonds. The highest BCUT2D eigenvalue weighted by molar-refractivity contribution is 5.30. The van der Waals surface area contributed by atoms with E-state index in [4.69, 9.17) is 0 Å². The molecule has 108 valence electrons. The molecule has 2 aromatic heterocycles. The van der Waals surface area contributed by atoms with Gasteiger partial charge >= 0.3 is 0 Å². The fourth-order valence-corrected chi connectivity index (χ4v) is 2.29. The van der Waals surface area contributed by atoms with Gasteiger partial charge in [-0.25, -0.2) is 9.67 Å². The minimum absolute atomic E-state index is 0.577. The van der Waals surface area contributed by atoms with Crippen molar-refractivity contribution in [3.8, 4) is 5.69 Å². The van der Waals surface area contributed by atoms with Crippen LogP contribution in [0.1, 0.15) is 24.0 Å². The lowest BCUT2D eigenvalue weighted by Gasteiger charge is -2.08. The summed E-state index contributed by atoms with van der Waals surface area (Å²) in [6, 6.07) is 11.7. The van der Waals surface area contributed by atoms with Crippen LogP contribution >= 0.6 is 0 Å². The van der Waals surface area contributed by atoms with E-state index in [1.807, 2.05) is 60.4 Å². The Bertz CT molecular complexity index is 702. The van der Waals surface area contributed by atoms with Crippen LogP contribution in [0, 0.1) is 0 Å². The van der Waals surface area contributed by atoms with Gasteiger partial charge in [-0.2, -0.15) is 5.10 Å². The monoisotopic (exact) mass is 282 g/mol. The van der Waals surface area contributed by atoms with Crippen molar-refractivity contribution in [3.63, 3.8) is 0 Å². The minimum atomic E-state index is -0.577. The SMILES string of the molecule is Cn1ccnc1CCC(O)c1ccn(-c2ccccc2)n1. The smallest absolute Gasteiger partial charge is 0.108 e. The normalized spacial score (nSPS) is 12.5. The lowest BCUT2D eigenvalue weighted by Crippen LogP contribution is -2.05. The molecule has 0 aliphatic carbocycles. The summed E-state index contributed by atoms with van der Waals surface area (Å²) in [5.41, 5.74) is 1.67. The summed E-state index contributed by atoms with van der Waals surface area (Å²) in [5.74, 6) is 0.969. The maximum Gasteiger partial charge on any atom is 0.108 e. The van der Waals surface area contributed by atoms with Crippen molar-refractivity contribution < 1.29 is 5.11 Å². The van der Waals surface area contributed by atoms with Crippen LogP contribution < -0.4 is 0 Å². The molecule has 0 saturated heterocycles.